The van der Waals surface area contributed by atoms with Crippen LogP contribution in [-0.2, 0) is 24.2 Å². The Balaban J connectivity index is 1.51. The minimum atomic E-state index is 0.219. The first-order valence-corrected chi connectivity index (χ1v) is 7.92. The quantitative estimate of drug-likeness (QED) is 0.883. The monoisotopic (exact) mass is 272 g/mol. The highest BCUT2D eigenvalue weighted by molar-refractivity contribution is 5.76. The van der Waals surface area contributed by atoms with Crippen molar-refractivity contribution in [1.29, 1.82) is 0 Å². The maximum absolute atomic E-state index is 11.9. The van der Waals surface area contributed by atoms with Crippen molar-refractivity contribution in [2.24, 2.45) is 0 Å². The van der Waals surface area contributed by atoms with E-state index in [1.807, 2.05) is 0 Å². The van der Waals surface area contributed by atoms with Gasteiger partial charge in [-0.2, -0.15) is 0 Å². The number of carbonyl (C=O) groups is 1. The lowest BCUT2D eigenvalue weighted by atomic mass is 9.97. The molecule has 1 amide bonds. The van der Waals surface area contributed by atoms with E-state index < -0.39 is 0 Å². The van der Waals surface area contributed by atoms with Crippen LogP contribution in [-0.4, -0.2) is 18.5 Å². The average Bonchev–Trinajstić information content (AvgIpc) is 2.98. The van der Waals surface area contributed by atoms with Gasteiger partial charge in [0.1, 0.15) is 0 Å². The minimum Gasteiger partial charge on any atom is -0.353 e. The van der Waals surface area contributed by atoms with Crippen LogP contribution in [0.4, 0.5) is 0 Å². The second kappa shape index (κ2) is 6.40. The highest BCUT2D eigenvalue weighted by atomic mass is 16.1. The number of nitrogens with one attached hydrogen (secondary N) is 2. The molecule has 3 nitrogen and oxygen atoms in total. The molecule has 1 saturated carbocycles. The summed E-state index contributed by atoms with van der Waals surface area (Å²) in [5.74, 6) is 0.219. The van der Waals surface area contributed by atoms with E-state index in [2.05, 4.69) is 28.8 Å². The Hall–Kier alpha value is -1.35. The predicted octanol–water partition coefficient (Wildman–Crippen LogP) is 2.32. The van der Waals surface area contributed by atoms with Crippen LogP contribution in [0.5, 0.6) is 0 Å². The molecule has 108 valence electrons. The third kappa shape index (κ3) is 3.40. The number of hydrogen-bond donors (Lipinski definition) is 2. The second-order valence-corrected chi connectivity index (χ2v) is 6.08. The van der Waals surface area contributed by atoms with E-state index in [1.165, 1.54) is 29.5 Å². The first kappa shape index (κ1) is 13.6. The summed E-state index contributed by atoms with van der Waals surface area (Å²) in [5, 5.41) is 6.55. The van der Waals surface area contributed by atoms with E-state index in [0.29, 0.717) is 12.5 Å². The Labute approximate surface area is 121 Å². The van der Waals surface area contributed by atoms with Gasteiger partial charge in [-0.3, -0.25) is 4.79 Å². The van der Waals surface area contributed by atoms with Crippen molar-refractivity contribution >= 4 is 5.91 Å². The van der Waals surface area contributed by atoms with E-state index in [0.717, 1.165) is 38.8 Å². The number of fused-ring (bicyclic) bond motifs is 1. The van der Waals surface area contributed by atoms with E-state index in [9.17, 15) is 4.79 Å². The number of aryl methyl sites for hydroxylation is 1. The van der Waals surface area contributed by atoms with Gasteiger partial charge in [-0.1, -0.05) is 31.0 Å². The molecule has 1 fully saturated rings. The average molecular weight is 272 g/mol. The van der Waals surface area contributed by atoms with Crippen LogP contribution in [0, 0.1) is 0 Å². The molecule has 0 aromatic heterocycles. The molecule has 1 heterocycles. The largest absolute Gasteiger partial charge is 0.353 e. The lowest BCUT2D eigenvalue weighted by Crippen LogP contribution is -2.32. The Morgan fingerprint density at radius 2 is 2.10 bits per heavy atom. The summed E-state index contributed by atoms with van der Waals surface area (Å²) in [6.45, 7) is 2.05. The third-order valence-corrected chi connectivity index (χ3v) is 4.52. The Morgan fingerprint density at radius 1 is 1.25 bits per heavy atom. The van der Waals surface area contributed by atoms with Gasteiger partial charge in [0, 0.05) is 19.0 Å². The standard InChI is InChI=1S/C17H24N2O/c20-17(19-16-3-1-2-4-16)8-6-13-5-7-15-12-18-10-9-14(15)11-13/h5,7,11,16,18H,1-4,6,8-10,12H2,(H,19,20). The zero-order valence-corrected chi connectivity index (χ0v) is 12.1. The summed E-state index contributed by atoms with van der Waals surface area (Å²) in [5.41, 5.74) is 4.17. The van der Waals surface area contributed by atoms with E-state index >= 15 is 0 Å². The van der Waals surface area contributed by atoms with Gasteiger partial charge in [0.25, 0.3) is 0 Å². The van der Waals surface area contributed by atoms with Crippen molar-refractivity contribution in [2.75, 3.05) is 6.54 Å². The summed E-state index contributed by atoms with van der Waals surface area (Å²) >= 11 is 0. The molecule has 1 aromatic rings. The molecule has 20 heavy (non-hydrogen) atoms. The molecule has 0 saturated heterocycles. The maximum Gasteiger partial charge on any atom is 0.220 e. The summed E-state index contributed by atoms with van der Waals surface area (Å²) in [6, 6.07) is 7.12. The van der Waals surface area contributed by atoms with Crippen LogP contribution >= 0.6 is 0 Å². The maximum atomic E-state index is 11.9. The van der Waals surface area contributed by atoms with Crippen LogP contribution in [0.1, 0.15) is 48.8 Å². The lowest BCUT2D eigenvalue weighted by molar-refractivity contribution is -0.121. The molecule has 3 rings (SSSR count). The van der Waals surface area contributed by atoms with Crippen LogP contribution < -0.4 is 10.6 Å². The molecule has 0 atom stereocenters. The highest BCUT2D eigenvalue weighted by Crippen LogP contribution is 2.19. The fourth-order valence-electron chi connectivity index (χ4n) is 3.31. The molecule has 1 aliphatic heterocycles. The van der Waals surface area contributed by atoms with Crippen molar-refractivity contribution < 1.29 is 4.79 Å². The van der Waals surface area contributed by atoms with Gasteiger partial charge >= 0.3 is 0 Å². The van der Waals surface area contributed by atoms with Gasteiger partial charge < -0.3 is 10.6 Å². The molecule has 0 bridgehead atoms. The molecule has 0 radical (unpaired) electrons. The van der Waals surface area contributed by atoms with Gasteiger partial charge in [0.05, 0.1) is 0 Å². The van der Waals surface area contributed by atoms with Crippen molar-refractivity contribution in [2.45, 2.75) is 57.5 Å². The molecule has 1 aliphatic carbocycles. The van der Waals surface area contributed by atoms with Crippen molar-refractivity contribution in [3.05, 3.63) is 34.9 Å². The normalized spacial score (nSPS) is 18.8. The van der Waals surface area contributed by atoms with Crippen molar-refractivity contribution in [1.82, 2.24) is 10.6 Å². The molecular weight excluding hydrogens is 248 g/mol. The molecule has 2 N–H and O–H groups in total. The molecule has 2 aliphatic rings. The van der Waals surface area contributed by atoms with Gasteiger partial charge in [0.15, 0.2) is 0 Å². The van der Waals surface area contributed by atoms with Crippen molar-refractivity contribution in [3.8, 4) is 0 Å². The number of rotatable bonds is 4. The number of amides is 1. The van der Waals surface area contributed by atoms with Gasteiger partial charge in [-0.05, 0) is 48.9 Å². The predicted molar refractivity (Wildman–Crippen MR) is 80.6 cm³/mol. The Morgan fingerprint density at radius 3 is 2.95 bits per heavy atom. The Bertz CT molecular complexity index is 478. The molecular formula is C17H24N2O. The molecule has 1 aromatic carbocycles. The summed E-state index contributed by atoms with van der Waals surface area (Å²) in [7, 11) is 0. The summed E-state index contributed by atoms with van der Waals surface area (Å²) < 4.78 is 0. The Kier molecular flexibility index (Phi) is 4.36. The molecule has 0 unspecified atom stereocenters. The van der Waals surface area contributed by atoms with Crippen LogP contribution in [0.2, 0.25) is 0 Å². The fraction of sp³-hybridized carbons (Fsp3) is 0.588. The smallest absolute Gasteiger partial charge is 0.220 e. The summed E-state index contributed by atoms with van der Waals surface area (Å²) in [4.78, 5) is 11.9. The molecule has 0 spiro atoms. The number of benzene rings is 1. The van der Waals surface area contributed by atoms with Gasteiger partial charge in [-0.15, -0.1) is 0 Å². The van der Waals surface area contributed by atoms with Crippen molar-refractivity contribution in [3.63, 3.8) is 0 Å². The highest BCUT2D eigenvalue weighted by Gasteiger charge is 2.17. The first-order valence-electron chi connectivity index (χ1n) is 7.92. The second-order valence-electron chi connectivity index (χ2n) is 6.08. The van der Waals surface area contributed by atoms with Crippen LogP contribution in [0.25, 0.3) is 0 Å². The van der Waals surface area contributed by atoms with Crippen LogP contribution in [0.3, 0.4) is 0 Å². The van der Waals surface area contributed by atoms with E-state index in [4.69, 9.17) is 0 Å². The third-order valence-electron chi connectivity index (χ3n) is 4.52. The molecule has 3 heteroatoms. The zero-order valence-electron chi connectivity index (χ0n) is 12.1. The van der Waals surface area contributed by atoms with E-state index in [-0.39, 0.29) is 5.91 Å². The van der Waals surface area contributed by atoms with Gasteiger partial charge in [0.2, 0.25) is 5.91 Å². The van der Waals surface area contributed by atoms with Gasteiger partial charge in [-0.25, -0.2) is 0 Å². The van der Waals surface area contributed by atoms with E-state index in [1.54, 1.807) is 0 Å². The number of carbonyl (C=O) groups excluding carboxylic acids is 1. The first-order chi connectivity index (χ1) is 9.81. The zero-order chi connectivity index (χ0) is 13.8. The number of hydrogen-bond acceptors (Lipinski definition) is 2. The fourth-order valence-corrected chi connectivity index (χ4v) is 3.31. The SMILES string of the molecule is O=C(CCc1ccc2c(c1)CCNC2)NC1CCCC1. The van der Waals surface area contributed by atoms with Crippen LogP contribution in [0.15, 0.2) is 18.2 Å². The minimum absolute atomic E-state index is 0.219. The summed E-state index contributed by atoms with van der Waals surface area (Å²) in [6.07, 6.45) is 7.45. The topological polar surface area (TPSA) is 41.1 Å². The lowest BCUT2D eigenvalue weighted by Gasteiger charge is -2.18.